The summed E-state index contributed by atoms with van der Waals surface area (Å²) >= 11 is 0. The number of amides is 1. The maximum Gasteiger partial charge on any atom is 0.220 e. The molecule has 0 bridgehead atoms. The topological polar surface area (TPSA) is 29.1 Å². The van der Waals surface area contributed by atoms with Crippen molar-refractivity contribution in [1.82, 2.24) is 5.32 Å². The molecule has 11 heavy (non-hydrogen) atoms. The van der Waals surface area contributed by atoms with Gasteiger partial charge >= 0.3 is 0 Å². The summed E-state index contributed by atoms with van der Waals surface area (Å²) in [4.78, 5) is 10.9. The molecule has 0 spiro atoms. The molecule has 1 atom stereocenters. The Morgan fingerprint density at radius 2 is 2.18 bits per heavy atom. The van der Waals surface area contributed by atoms with E-state index in [1.54, 1.807) is 0 Å². The van der Waals surface area contributed by atoms with E-state index in [1.165, 1.54) is 12.8 Å². The summed E-state index contributed by atoms with van der Waals surface area (Å²) in [6.45, 7) is 5.32. The zero-order valence-corrected chi connectivity index (χ0v) is 7.39. The number of hydrogen-bond acceptors (Lipinski definition) is 1. The van der Waals surface area contributed by atoms with Crippen molar-refractivity contribution in [3.05, 3.63) is 0 Å². The van der Waals surface area contributed by atoms with Crippen LogP contribution < -0.4 is 5.32 Å². The summed E-state index contributed by atoms with van der Waals surface area (Å²) in [6, 6.07) is 0. The number of rotatable bonds is 3. The molecule has 2 heteroatoms. The average molecular weight is 155 g/mol. The minimum atomic E-state index is 0.238. The van der Waals surface area contributed by atoms with Crippen LogP contribution in [0, 0.1) is 11.8 Å². The van der Waals surface area contributed by atoms with Crippen LogP contribution in [-0.4, -0.2) is 12.5 Å². The van der Waals surface area contributed by atoms with E-state index in [4.69, 9.17) is 0 Å². The van der Waals surface area contributed by atoms with E-state index in [9.17, 15) is 4.79 Å². The minimum absolute atomic E-state index is 0.238. The normalized spacial score (nSPS) is 24.3. The molecule has 1 unspecified atom stereocenters. The summed E-state index contributed by atoms with van der Waals surface area (Å²) in [5.41, 5.74) is 0. The van der Waals surface area contributed by atoms with Gasteiger partial charge in [-0.25, -0.2) is 0 Å². The van der Waals surface area contributed by atoms with Crippen molar-refractivity contribution in [2.45, 2.75) is 33.1 Å². The van der Waals surface area contributed by atoms with Crippen LogP contribution in [0.1, 0.15) is 33.1 Å². The summed E-state index contributed by atoms with van der Waals surface area (Å²) in [6.07, 6.45) is 3.17. The first kappa shape index (κ1) is 8.57. The van der Waals surface area contributed by atoms with E-state index < -0.39 is 0 Å². The summed E-state index contributed by atoms with van der Waals surface area (Å²) < 4.78 is 0. The van der Waals surface area contributed by atoms with Gasteiger partial charge in [-0.1, -0.05) is 26.7 Å². The van der Waals surface area contributed by atoms with Gasteiger partial charge in [0.1, 0.15) is 0 Å². The van der Waals surface area contributed by atoms with Gasteiger partial charge < -0.3 is 5.32 Å². The van der Waals surface area contributed by atoms with Crippen molar-refractivity contribution in [3.63, 3.8) is 0 Å². The second-order valence-electron chi connectivity index (χ2n) is 3.34. The van der Waals surface area contributed by atoms with Crippen LogP contribution in [0.5, 0.6) is 0 Å². The van der Waals surface area contributed by atoms with Crippen molar-refractivity contribution >= 4 is 5.91 Å². The van der Waals surface area contributed by atoms with Crippen LogP contribution in [0.4, 0.5) is 0 Å². The highest BCUT2D eigenvalue weighted by atomic mass is 16.1. The standard InChI is InChI=1S/C9H17NO/c1-3-7(4-2)8-5-9(11)10-6-8/h7-8H,3-6H2,1-2H3,(H,10,11). The number of carbonyl (C=O) groups is 1. The molecule has 1 amide bonds. The molecule has 1 heterocycles. The monoisotopic (exact) mass is 155 g/mol. The highest BCUT2D eigenvalue weighted by Gasteiger charge is 2.26. The van der Waals surface area contributed by atoms with Gasteiger partial charge in [-0.3, -0.25) is 4.79 Å². The Kier molecular flexibility index (Phi) is 2.92. The van der Waals surface area contributed by atoms with Crippen molar-refractivity contribution in [3.8, 4) is 0 Å². The lowest BCUT2D eigenvalue weighted by Gasteiger charge is -2.17. The van der Waals surface area contributed by atoms with Crippen LogP contribution >= 0.6 is 0 Å². The second-order valence-corrected chi connectivity index (χ2v) is 3.34. The lowest BCUT2D eigenvalue weighted by atomic mass is 9.87. The predicted molar refractivity (Wildman–Crippen MR) is 45.2 cm³/mol. The van der Waals surface area contributed by atoms with Gasteiger partial charge in [0.05, 0.1) is 0 Å². The van der Waals surface area contributed by atoms with Crippen molar-refractivity contribution < 1.29 is 4.79 Å². The second kappa shape index (κ2) is 3.74. The van der Waals surface area contributed by atoms with E-state index in [2.05, 4.69) is 19.2 Å². The smallest absolute Gasteiger partial charge is 0.220 e. The third-order valence-corrected chi connectivity index (χ3v) is 2.72. The Morgan fingerprint density at radius 1 is 1.55 bits per heavy atom. The average Bonchev–Trinajstić information content (AvgIpc) is 2.39. The van der Waals surface area contributed by atoms with Crippen molar-refractivity contribution in [1.29, 1.82) is 0 Å². The molecule has 1 saturated heterocycles. The Balaban J connectivity index is 2.40. The molecule has 0 aromatic rings. The third kappa shape index (κ3) is 1.95. The van der Waals surface area contributed by atoms with Crippen LogP contribution in [0.2, 0.25) is 0 Å². The van der Waals surface area contributed by atoms with Gasteiger partial charge in [0.15, 0.2) is 0 Å². The van der Waals surface area contributed by atoms with Crippen molar-refractivity contribution in [2.24, 2.45) is 11.8 Å². The van der Waals surface area contributed by atoms with Gasteiger partial charge in [-0.05, 0) is 11.8 Å². The summed E-state index contributed by atoms with van der Waals surface area (Å²) in [7, 11) is 0. The first-order valence-corrected chi connectivity index (χ1v) is 4.54. The van der Waals surface area contributed by atoms with Gasteiger partial charge in [-0.2, -0.15) is 0 Å². The molecule has 1 rings (SSSR count). The van der Waals surface area contributed by atoms with Crippen LogP contribution in [-0.2, 0) is 4.79 Å². The van der Waals surface area contributed by atoms with Crippen LogP contribution in [0.25, 0.3) is 0 Å². The van der Waals surface area contributed by atoms with E-state index in [0.29, 0.717) is 5.92 Å². The molecule has 2 nitrogen and oxygen atoms in total. The highest BCUT2D eigenvalue weighted by molar-refractivity contribution is 5.78. The van der Waals surface area contributed by atoms with Gasteiger partial charge in [0.25, 0.3) is 0 Å². The van der Waals surface area contributed by atoms with E-state index >= 15 is 0 Å². The summed E-state index contributed by atoms with van der Waals surface area (Å²) in [5.74, 6) is 1.59. The molecule has 0 radical (unpaired) electrons. The van der Waals surface area contributed by atoms with E-state index in [0.717, 1.165) is 18.9 Å². The molecule has 1 fully saturated rings. The quantitative estimate of drug-likeness (QED) is 0.658. The van der Waals surface area contributed by atoms with Crippen LogP contribution in [0.15, 0.2) is 0 Å². The fourth-order valence-corrected chi connectivity index (χ4v) is 1.92. The van der Waals surface area contributed by atoms with Gasteiger partial charge in [0.2, 0.25) is 5.91 Å². The lowest BCUT2D eigenvalue weighted by molar-refractivity contribution is -0.119. The lowest BCUT2D eigenvalue weighted by Crippen LogP contribution is -2.17. The largest absolute Gasteiger partial charge is 0.356 e. The Hall–Kier alpha value is -0.530. The van der Waals surface area contributed by atoms with E-state index in [1.807, 2.05) is 0 Å². The number of carbonyl (C=O) groups excluding carboxylic acids is 1. The molecule has 0 aromatic heterocycles. The van der Waals surface area contributed by atoms with Crippen LogP contribution in [0.3, 0.4) is 0 Å². The highest BCUT2D eigenvalue weighted by Crippen LogP contribution is 2.24. The minimum Gasteiger partial charge on any atom is -0.356 e. The maximum absolute atomic E-state index is 10.9. The molecule has 1 aliphatic rings. The molecule has 0 aliphatic carbocycles. The fraction of sp³-hybridized carbons (Fsp3) is 0.889. The SMILES string of the molecule is CCC(CC)C1CNC(=O)C1. The molecule has 1 N–H and O–H groups in total. The molecule has 0 aromatic carbocycles. The molecular weight excluding hydrogens is 138 g/mol. The number of hydrogen-bond donors (Lipinski definition) is 1. The molecular formula is C9H17NO. The zero-order chi connectivity index (χ0) is 8.27. The fourth-order valence-electron chi connectivity index (χ4n) is 1.92. The Bertz CT molecular complexity index is 140. The third-order valence-electron chi connectivity index (χ3n) is 2.72. The van der Waals surface area contributed by atoms with E-state index in [-0.39, 0.29) is 5.91 Å². The first-order valence-electron chi connectivity index (χ1n) is 4.54. The molecule has 0 saturated carbocycles. The van der Waals surface area contributed by atoms with Crippen molar-refractivity contribution in [2.75, 3.05) is 6.54 Å². The summed E-state index contributed by atoms with van der Waals surface area (Å²) in [5, 5.41) is 2.88. The number of nitrogens with one attached hydrogen (secondary N) is 1. The zero-order valence-electron chi connectivity index (χ0n) is 7.39. The van der Waals surface area contributed by atoms with Gasteiger partial charge in [-0.15, -0.1) is 0 Å². The molecule has 64 valence electrons. The van der Waals surface area contributed by atoms with Gasteiger partial charge in [0, 0.05) is 13.0 Å². The first-order chi connectivity index (χ1) is 5.27. The predicted octanol–water partition coefficient (Wildman–Crippen LogP) is 1.56. The Labute approximate surface area is 68.4 Å². The Morgan fingerprint density at radius 3 is 2.55 bits per heavy atom. The maximum atomic E-state index is 10.9. The molecule has 1 aliphatic heterocycles.